The van der Waals surface area contributed by atoms with Crippen molar-refractivity contribution >= 4 is 17.7 Å². The van der Waals surface area contributed by atoms with Crippen LogP contribution in [0.1, 0.15) is 24.0 Å². The molecule has 2 rings (SSSR count). The highest BCUT2D eigenvalue weighted by Gasteiger charge is 1.90. The number of halogens is 1. The molecule has 0 saturated heterocycles. The van der Waals surface area contributed by atoms with Crippen molar-refractivity contribution in [3.8, 4) is 0 Å². The van der Waals surface area contributed by atoms with Gasteiger partial charge in [-0.3, -0.25) is 0 Å². The van der Waals surface area contributed by atoms with Gasteiger partial charge in [0.2, 0.25) is 0 Å². The van der Waals surface area contributed by atoms with E-state index in [1.54, 1.807) is 0 Å². The number of unbranched alkanes of at least 4 members (excludes halogenated alkanes) is 1. The van der Waals surface area contributed by atoms with Crippen LogP contribution in [-0.2, 0) is 6.42 Å². The molecule has 0 spiro atoms. The van der Waals surface area contributed by atoms with Gasteiger partial charge in [-0.2, -0.15) is 0 Å². The summed E-state index contributed by atoms with van der Waals surface area (Å²) in [5, 5.41) is 0.788. The quantitative estimate of drug-likeness (QED) is 0.631. The molecule has 0 saturated carbocycles. The molecule has 0 fully saturated rings. The molecule has 0 radical (unpaired) electrons. The normalized spacial score (nSPS) is 10.9. The number of hydrogen-bond donors (Lipinski definition) is 0. The summed E-state index contributed by atoms with van der Waals surface area (Å²) in [5.74, 6) is 0. The van der Waals surface area contributed by atoms with E-state index in [9.17, 15) is 0 Å². The minimum absolute atomic E-state index is 0.788. The molecule has 0 aliphatic rings. The minimum Gasteiger partial charge on any atom is -0.0843 e. The average molecular weight is 257 g/mol. The van der Waals surface area contributed by atoms with Crippen molar-refractivity contribution in [2.45, 2.75) is 19.3 Å². The van der Waals surface area contributed by atoms with Gasteiger partial charge >= 0.3 is 0 Å². The van der Waals surface area contributed by atoms with Crippen molar-refractivity contribution in [3.63, 3.8) is 0 Å². The maximum absolute atomic E-state index is 5.84. The molecule has 0 aliphatic heterocycles. The first-order valence-corrected chi connectivity index (χ1v) is 6.68. The van der Waals surface area contributed by atoms with Crippen molar-refractivity contribution in [1.29, 1.82) is 0 Å². The summed E-state index contributed by atoms with van der Waals surface area (Å²) < 4.78 is 0. The number of aryl methyl sites for hydroxylation is 1. The molecule has 0 unspecified atom stereocenters. The van der Waals surface area contributed by atoms with Gasteiger partial charge in [-0.05, 0) is 42.5 Å². The summed E-state index contributed by atoms with van der Waals surface area (Å²) in [5.41, 5.74) is 2.62. The Balaban J connectivity index is 1.74. The average Bonchev–Trinajstić information content (AvgIpc) is 2.42. The first-order valence-electron chi connectivity index (χ1n) is 6.30. The van der Waals surface area contributed by atoms with Crippen LogP contribution in [0, 0.1) is 0 Å². The van der Waals surface area contributed by atoms with Crippen molar-refractivity contribution in [2.75, 3.05) is 0 Å². The number of benzene rings is 2. The largest absolute Gasteiger partial charge is 0.0843 e. The summed E-state index contributed by atoms with van der Waals surface area (Å²) in [6, 6.07) is 18.5. The standard InChI is InChI=1S/C17H17Cl/c18-17-13-11-16(12-14-17)10-6-2-5-9-15-7-3-1-4-8-15/h1,3-4,6-8,10-14H,2,5,9H2. The van der Waals surface area contributed by atoms with Crippen LogP contribution in [0.5, 0.6) is 0 Å². The lowest BCUT2D eigenvalue weighted by Gasteiger charge is -1.98. The van der Waals surface area contributed by atoms with Crippen LogP contribution in [0.15, 0.2) is 60.7 Å². The first kappa shape index (κ1) is 12.9. The van der Waals surface area contributed by atoms with E-state index in [4.69, 9.17) is 11.6 Å². The summed E-state index contributed by atoms with van der Waals surface area (Å²) in [4.78, 5) is 0. The van der Waals surface area contributed by atoms with Crippen LogP contribution in [0.25, 0.3) is 6.08 Å². The Bertz CT molecular complexity index is 483. The highest BCUT2D eigenvalue weighted by atomic mass is 35.5. The Morgan fingerprint density at radius 3 is 2.33 bits per heavy atom. The lowest BCUT2D eigenvalue weighted by Crippen LogP contribution is -1.82. The molecule has 18 heavy (non-hydrogen) atoms. The third-order valence-electron chi connectivity index (χ3n) is 2.86. The first-order chi connectivity index (χ1) is 8.84. The van der Waals surface area contributed by atoms with Crippen molar-refractivity contribution in [3.05, 3.63) is 76.8 Å². The van der Waals surface area contributed by atoms with Gasteiger partial charge in [0.25, 0.3) is 0 Å². The smallest absolute Gasteiger partial charge is 0.0406 e. The zero-order valence-corrected chi connectivity index (χ0v) is 11.1. The van der Waals surface area contributed by atoms with E-state index < -0.39 is 0 Å². The van der Waals surface area contributed by atoms with Crippen LogP contribution in [-0.4, -0.2) is 0 Å². The highest BCUT2D eigenvalue weighted by molar-refractivity contribution is 6.30. The molecule has 2 aromatic rings. The lowest BCUT2D eigenvalue weighted by atomic mass is 10.1. The lowest BCUT2D eigenvalue weighted by molar-refractivity contribution is 0.845. The molecule has 0 heterocycles. The number of allylic oxidation sites excluding steroid dienone is 1. The highest BCUT2D eigenvalue weighted by Crippen LogP contribution is 2.11. The molecule has 1 heteroatoms. The molecule has 0 atom stereocenters. The molecule has 0 N–H and O–H groups in total. The maximum Gasteiger partial charge on any atom is 0.0406 e. The third kappa shape index (κ3) is 4.38. The van der Waals surface area contributed by atoms with Crippen LogP contribution in [0.3, 0.4) is 0 Å². The predicted molar refractivity (Wildman–Crippen MR) is 79.9 cm³/mol. The minimum atomic E-state index is 0.788. The van der Waals surface area contributed by atoms with Gasteiger partial charge in [-0.25, -0.2) is 0 Å². The van der Waals surface area contributed by atoms with Crippen molar-refractivity contribution in [1.82, 2.24) is 0 Å². The molecule has 0 nitrogen and oxygen atoms in total. The van der Waals surface area contributed by atoms with Gasteiger partial charge in [-0.15, -0.1) is 0 Å². The molecule has 0 aliphatic carbocycles. The fourth-order valence-electron chi connectivity index (χ4n) is 1.86. The van der Waals surface area contributed by atoms with E-state index in [2.05, 4.69) is 42.5 Å². The van der Waals surface area contributed by atoms with E-state index in [0.717, 1.165) is 17.9 Å². The second-order valence-electron chi connectivity index (χ2n) is 4.33. The van der Waals surface area contributed by atoms with Crippen LogP contribution >= 0.6 is 11.6 Å². The third-order valence-corrected chi connectivity index (χ3v) is 3.11. The van der Waals surface area contributed by atoms with Crippen LogP contribution in [0.2, 0.25) is 5.02 Å². The topological polar surface area (TPSA) is 0 Å². The zero-order chi connectivity index (χ0) is 12.6. The predicted octanol–water partition coefficient (Wildman–Crippen LogP) is 5.38. The Kier molecular flexibility index (Phi) is 5.04. The monoisotopic (exact) mass is 256 g/mol. The second-order valence-corrected chi connectivity index (χ2v) is 4.77. The van der Waals surface area contributed by atoms with Crippen LogP contribution in [0.4, 0.5) is 0 Å². The van der Waals surface area contributed by atoms with Gasteiger partial charge < -0.3 is 0 Å². The van der Waals surface area contributed by atoms with E-state index >= 15 is 0 Å². The fourth-order valence-corrected chi connectivity index (χ4v) is 1.99. The van der Waals surface area contributed by atoms with Crippen molar-refractivity contribution in [2.24, 2.45) is 0 Å². The molecule has 2 aromatic carbocycles. The van der Waals surface area contributed by atoms with E-state index in [0.29, 0.717) is 0 Å². The Labute approximate surface area is 114 Å². The second kappa shape index (κ2) is 7.03. The van der Waals surface area contributed by atoms with Crippen LogP contribution < -0.4 is 0 Å². The fraction of sp³-hybridized carbons (Fsp3) is 0.176. The summed E-state index contributed by atoms with van der Waals surface area (Å²) in [6.45, 7) is 0. The molecule has 92 valence electrons. The Morgan fingerprint density at radius 1 is 0.889 bits per heavy atom. The Morgan fingerprint density at radius 2 is 1.61 bits per heavy atom. The number of hydrogen-bond acceptors (Lipinski definition) is 0. The van der Waals surface area contributed by atoms with Gasteiger partial charge in [-0.1, -0.05) is 66.2 Å². The van der Waals surface area contributed by atoms with E-state index in [1.807, 2.05) is 24.3 Å². The molecule has 0 aromatic heterocycles. The van der Waals surface area contributed by atoms with Gasteiger partial charge in [0, 0.05) is 5.02 Å². The molecular formula is C17H17Cl. The summed E-state index contributed by atoms with van der Waals surface area (Å²) >= 11 is 5.84. The number of rotatable bonds is 5. The SMILES string of the molecule is Clc1ccc(C=CCCCc2ccccc2)cc1. The van der Waals surface area contributed by atoms with Crippen molar-refractivity contribution < 1.29 is 0 Å². The zero-order valence-electron chi connectivity index (χ0n) is 10.4. The summed E-state index contributed by atoms with van der Waals surface area (Å²) in [7, 11) is 0. The molecular weight excluding hydrogens is 240 g/mol. The maximum atomic E-state index is 5.84. The summed E-state index contributed by atoms with van der Waals surface area (Å²) in [6.07, 6.45) is 7.82. The van der Waals surface area contributed by atoms with Gasteiger partial charge in [0.05, 0.1) is 0 Å². The van der Waals surface area contributed by atoms with E-state index in [-0.39, 0.29) is 0 Å². The van der Waals surface area contributed by atoms with Gasteiger partial charge in [0.1, 0.15) is 0 Å². The Hall–Kier alpha value is -1.53. The molecule has 0 amide bonds. The van der Waals surface area contributed by atoms with E-state index in [1.165, 1.54) is 17.5 Å². The molecule has 0 bridgehead atoms. The van der Waals surface area contributed by atoms with Gasteiger partial charge in [0.15, 0.2) is 0 Å².